The molecule has 1 aliphatic heterocycles. The summed E-state index contributed by atoms with van der Waals surface area (Å²) in [5, 5.41) is 0. The van der Waals surface area contributed by atoms with E-state index in [-0.39, 0.29) is 41.7 Å². The maximum absolute atomic E-state index is 12.1. The maximum Gasteiger partial charge on any atom is 1.00 e. The molecule has 0 radical (unpaired) electrons. The zero-order valence-corrected chi connectivity index (χ0v) is 24.1. The van der Waals surface area contributed by atoms with Crippen LogP contribution in [0.25, 0.3) is 0 Å². The van der Waals surface area contributed by atoms with Gasteiger partial charge in [0.15, 0.2) is 0 Å². The van der Waals surface area contributed by atoms with Crippen molar-refractivity contribution in [1.82, 2.24) is 0 Å². The van der Waals surface area contributed by atoms with Crippen molar-refractivity contribution in [3.05, 3.63) is 59.7 Å². The second-order valence-corrected chi connectivity index (χ2v) is 8.59. The zero-order chi connectivity index (χ0) is 24.1. The first-order chi connectivity index (χ1) is 16.1. The van der Waals surface area contributed by atoms with Gasteiger partial charge in [0.05, 0.1) is 7.11 Å². The molecule has 5 heteroatoms. The van der Waals surface area contributed by atoms with Crippen LogP contribution in [-0.2, 0) is 17.6 Å². The number of carbonyl (C=O) groups excluding carboxylic acids is 1. The van der Waals surface area contributed by atoms with Gasteiger partial charge in [-0.2, -0.15) is 17.8 Å². The Morgan fingerprint density at radius 3 is 2.35 bits per heavy atom. The summed E-state index contributed by atoms with van der Waals surface area (Å²) in [7, 11) is 1.41. The number of anilines is 1. The van der Waals surface area contributed by atoms with Gasteiger partial charge in [0, 0.05) is 6.04 Å². The molecule has 1 unspecified atom stereocenters. The molecule has 2 aromatic rings. The normalized spacial score (nSPS) is 17.3. The third-order valence-electron chi connectivity index (χ3n) is 6.15. The monoisotopic (exact) mass is 471 g/mol. The van der Waals surface area contributed by atoms with Crippen molar-refractivity contribution in [2.45, 2.75) is 85.1 Å². The van der Waals surface area contributed by atoms with Crippen LogP contribution in [0.4, 0.5) is 16.2 Å². The smallest absolute Gasteiger partial charge is 0.481 e. The number of hydrogen-bond donors (Lipinski definition) is 0. The molecule has 0 bridgehead atoms. The van der Waals surface area contributed by atoms with Crippen molar-refractivity contribution in [1.29, 1.82) is 0 Å². The van der Waals surface area contributed by atoms with Crippen LogP contribution in [0.15, 0.2) is 47.5 Å². The number of aliphatic imine (C=N–C) groups is 1. The molecule has 34 heavy (non-hydrogen) atoms. The van der Waals surface area contributed by atoms with Crippen LogP contribution in [0.5, 0.6) is 0 Å². The summed E-state index contributed by atoms with van der Waals surface area (Å²) in [5.74, 6) is 1.04. The van der Waals surface area contributed by atoms with Gasteiger partial charge in [0.2, 0.25) is 0 Å². The number of rotatable bonds is 3. The molecule has 4 nitrogen and oxygen atoms in total. The number of nitrogens with zero attached hydrogens (tertiary/aromatic N) is 2. The average Bonchev–Trinajstić information content (AvgIpc) is 2.86. The van der Waals surface area contributed by atoms with Crippen LogP contribution in [0.1, 0.15) is 77.3 Å². The van der Waals surface area contributed by atoms with Crippen LogP contribution < -0.4 is 34.5 Å². The first kappa shape index (κ1) is 30.4. The number of ether oxygens (including phenoxy) is 1. The number of amides is 1. The van der Waals surface area contributed by atoms with Gasteiger partial charge < -0.3 is 9.73 Å². The van der Waals surface area contributed by atoms with E-state index in [4.69, 9.17) is 4.74 Å². The van der Waals surface area contributed by atoms with Crippen molar-refractivity contribution in [2.24, 2.45) is 10.9 Å². The molecule has 0 aromatic heterocycles. The van der Waals surface area contributed by atoms with Crippen molar-refractivity contribution < 1.29 is 39.1 Å². The van der Waals surface area contributed by atoms with Crippen molar-refractivity contribution in [3.63, 3.8) is 0 Å². The van der Waals surface area contributed by atoms with E-state index >= 15 is 0 Å². The minimum absolute atomic E-state index is 0. The van der Waals surface area contributed by atoms with Gasteiger partial charge >= 0.3 is 35.7 Å². The number of methoxy groups -OCH3 is 1. The number of carbonyl (C=O) groups is 1. The Labute approximate surface area is 229 Å². The number of fused-ring (bicyclic) bond motifs is 1. The molecule has 2 aromatic carbocycles. The first-order valence-electron chi connectivity index (χ1n) is 12.5. The van der Waals surface area contributed by atoms with Crippen molar-refractivity contribution in [2.75, 3.05) is 12.0 Å². The zero-order valence-electron chi connectivity index (χ0n) is 22.1. The van der Waals surface area contributed by atoms with Gasteiger partial charge in [-0.1, -0.05) is 107 Å². The largest absolute Gasteiger partial charge is 1.00 e. The van der Waals surface area contributed by atoms with E-state index in [1.807, 2.05) is 57.2 Å². The van der Waals surface area contributed by atoms with Gasteiger partial charge in [-0.15, -0.1) is 6.07 Å². The third kappa shape index (κ3) is 9.20. The summed E-state index contributed by atoms with van der Waals surface area (Å²) < 4.78 is 4.93. The van der Waals surface area contributed by atoms with Crippen molar-refractivity contribution >= 4 is 23.7 Å². The average molecular weight is 472 g/mol. The maximum atomic E-state index is 12.1. The molecule has 1 amide bonds. The molecule has 4 rings (SSSR count). The minimum Gasteiger partial charge on any atom is -0.481 e. The molecule has 1 atom stereocenters. The summed E-state index contributed by atoms with van der Waals surface area (Å²) in [4.78, 5) is 18.3. The Balaban J connectivity index is 0.000000491. The molecule has 1 heterocycles. The summed E-state index contributed by atoms with van der Waals surface area (Å²) in [5.41, 5.74) is 3.81. The quantitative estimate of drug-likeness (QED) is 0.365. The Morgan fingerprint density at radius 2 is 1.76 bits per heavy atom. The molecule has 1 fully saturated rings. The summed E-state index contributed by atoms with van der Waals surface area (Å²) in [6.45, 7) is 8.39. The van der Waals surface area contributed by atoms with E-state index < -0.39 is 0 Å². The summed E-state index contributed by atoms with van der Waals surface area (Å²) in [6, 6.07) is 17.1. The van der Waals surface area contributed by atoms with Crippen molar-refractivity contribution in [3.8, 4) is 0 Å². The van der Waals surface area contributed by atoms with Crippen LogP contribution in [0, 0.1) is 12.0 Å². The van der Waals surface area contributed by atoms with Crippen LogP contribution in [-0.4, -0.2) is 25.5 Å². The molecular weight excluding hydrogens is 431 g/mol. The molecule has 1 aliphatic carbocycles. The van der Waals surface area contributed by atoms with E-state index in [9.17, 15) is 4.79 Å². The fourth-order valence-corrected chi connectivity index (χ4v) is 4.29. The SMILES string of the molecule is CC.CC1CCCCC1.COC(=O)N1c2cc[c-]c(N=[C-]Cc3ccccc3)c2CCC1C.[Na+]. The van der Waals surface area contributed by atoms with Gasteiger partial charge in [-0.3, -0.25) is 11.0 Å². The Morgan fingerprint density at radius 1 is 1.09 bits per heavy atom. The molecule has 0 saturated heterocycles. The molecule has 1 saturated carbocycles. The van der Waals surface area contributed by atoms with Gasteiger partial charge in [-0.05, 0) is 19.3 Å². The second-order valence-electron chi connectivity index (χ2n) is 8.59. The molecular formula is C29H40N2NaO2-. The van der Waals surface area contributed by atoms with Gasteiger partial charge in [0.1, 0.15) is 0 Å². The molecule has 0 N–H and O–H groups in total. The van der Waals surface area contributed by atoms with Gasteiger partial charge in [0.25, 0.3) is 0 Å². The Kier molecular flexibility index (Phi) is 15.1. The van der Waals surface area contributed by atoms with Crippen LogP contribution in [0.2, 0.25) is 0 Å². The fourth-order valence-electron chi connectivity index (χ4n) is 4.29. The van der Waals surface area contributed by atoms with E-state index in [0.29, 0.717) is 6.42 Å². The topological polar surface area (TPSA) is 41.9 Å². The van der Waals surface area contributed by atoms with E-state index in [2.05, 4.69) is 24.2 Å². The van der Waals surface area contributed by atoms with E-state index in [1.165, 1.54) is 39.2 Å². The Hall–Kier alpha value is -1.62. The predicted molar refractivity (Wildman–Crippen MR) is 139 cm³/mol. The molecule has 0 spiro atoms. The second kappa shape index (κ2) is 16.9. The Bertz CT molecular complexity index is 864. The molecule has 2 aliphatic rings. The minimum atomic E-state index is -0.335. The van der Waals surface area contributed by atoms with E-state index in [0.717, 1.165) is 41.3 Å². The first-order valence-corrected chi connectivity index (χ1v) is 12.5. The van der Waals surface area contributed by atoms with Gasteiger partial charge in [-0.25, -0.2) is 10.5 Å². The number of benzene rings is 2. The standard InChI is InChI=1S/C20H20N2O2.C7H14.C2H6.Na/c1-15-11-12-17-18(21-14-13-16-7-4-3-5-8-16)9-6-10-19(17)22(15)20(23)24-2;1-7-5-3-2-4-6-7;1-2;/h3-8,10,15H,11-13H2,1-2H3;7H,2-6H2,1H3;1-2H3;/q-2;;;+1. The summed E-state index contributed by atoms with van der Waals surface area (Å²) in [6.07, 6.45) is 12.6. The summed E-state index contributed by atoms with van der Waals surface area (Å²) >= 11 is 0. The van der Waals surface area contributed by atoms with E-state index in [1.54, 1.807) is 11.0 Å². The number of hydrogen-bond acceptors (Lipinski definition) is 3. The van der Waals surface area contributed by atoms with Crippen LogP contribution in [0.3, 0.4) is 0 Å². The third-order valence-corrected chi connectivity index (χ3v) is 6.15. The molecule has 180 valence electrons. The van der Waals surface area contributed by atoms with Crippen LogP contribution >= 0.6 is 0 Å². The fraction of sp³-hybridized carbons (Fsp3) is 0.517. The predicted octanol–water partition coefficient (Wildman–Crippen LogP) is 4.83.